The summed E-state index contributed by atoms with van der Waals surface area (Å²) in [4.78, 5) is 20.0. The Kier molecular flexibility index (Phi) is 4.96. The number of nitrogens with zero attached hydrogens (tertiary/aromatic N) is 3. The van der Waals surface area contributed by atoms with Crippen LogP contribution in [0, 0.1) is 12.3 Å². The van der Waals surface area contributed by atoms with Crippen molar-refractivity contribution in [2.45, 2.75) is 26.4 Å². The number of rotatable bonds is 4. The molecule has 0 aliphatic rings. The normalized spacial score (nSPS) is 11.1. The summed E-state index contributed by atoms with van der Waals surface area (Å²) in [5.74, 6) is 2.93. The molecule has 0 unspecified atom stereocenters. The van der Waals surface area contributed by atoms with Gasteiger partial charge < -0.3 is 15.4 Å². The monoisotopic (exact) mass is 335 g/mol. The summed E-state index contributed by atoms with van der Waals surface area (Å²) in [6.07, 6.45) is 8.23. The molecule has 8 heteroatoms. The molecule has 0 radical (unpaired) electrons. The number of amides is 1. The fourth-order valence-corrected chi connectivity index (χ4v) is 2.06. The standard InChI is InChI=1S/C15H18ClN5O2/c1-5-10-11(16)21-9-8-18-13(21)12(20-10)17-6-7-19-14(22)23-15(2,3)4/h1,8-9H,6-7H2,2-4H3,(H,17,20)(H,19,22). The van der Waals surface area contributed by atoms with Gasteiger partial charge in [0, 0.05) is 25.5 Å². The van der Waals surface area contributed by atoms with Gasteiger partial charge in [-0.05, 0) is 26.7 Å². The number of aromatic nitrogens is 3. The fraction of sp³-hybridized carbons (Fsp3) is 0.400. The molecule has 0 saturated heterocycles. The molecule has 122 valence electrons. The van der Waals surface area contributed by atoms with E-state index in [4.69, 9.17) is 22.8 Å². The van der Waals surface area contributed by atoms with Crippen LogP contribution in [0.3, 0.4) is 0 Å². The molecule has 1 amide bonds. The molecule has 0 fully saturated rings. The molecular formula is C15H18ClN5O2. The van der Waals surface area contributed by atoms with Crippen LogP contribution >= 0.6 is 11.6 Å². The summed E-state index contributed by atoms with van der Waals surface area (Å²) in [6.45, 7) is 6.20. The van der Waals surface area contributed by atoms with Crippen LogP contribution in [0.25, 0.3) is 5.65 Å². The van der Waals surface area contributed by atoms with E-state index >= 15 is 0 Å². The zero-order valence-electron chi connectivity index (χ0n) is 13.2. The first kappa shape index (κ1) is 16.9. The molecule has 0 aliphatic heterocycles. The highest BCUT2D eigenvalue weighted by Crippen LogP contribution is 2.21. The van der Waals surface area contributed by atoms with Crippen molar-refractivity contribution < 1.29 is 9.53 Å². The van der Waals surface area contributed by atoms with E-state index in [-0.39, 0.29) is 0 Å². The van der Waals surface area contributed by atoms with Crippen LogP contribution in [0.15, 0.2) is 12.4 Å². The number of carbonyl (C=O) groups is 1. The van der Waals surface area contributed by atoms with E-state index in [0.29, 0.717) is 35.4 Å². The maximum Gasteiger partial charge on any atom is 0.407 e. The number of ether oxygens (including phenoxy) is 1. The average molecular weight is 336 g/mol. The van der Waals surface area contributed by atoms with E-state index in [9.17, 15) is 4.79 Å². The third kappa shape index (κ3) is 4.27. The number of hydrogen-bond acceptors (Lipinski definition) is 5. The molecule has 2 N–H and O–H groups in total. The number of carbonyl (C=O) groups excluding carboxylic acids is 1. The Hall–Kier alpha value is -2.46. The quantitative estimate of drug-likeness (QED) is 0.662. The van der Waals surface area contributed by atoms with Crippen molar-refractivity contribution in [2.75, 3.05) is 18.4 Å². The molecule has 2 aromatic heterocycles. The molecule has 0 aliphatic carbocycles. The lowest BCUT2D eigenvalue weighted by atomic mass is 10.2. The van der Waals surface area contributed by atoms with Crippen LogP contribution in [-0.2, 0) is 4.74 Å². The van der Waals surface area contributed by atoms with Crippen LogP contribution in [0.2, 0.25) is 5.15 Å². The lowest BCUT2D eigenvalue weighted by Gasteiger charge is -2.19. The van der Waals surface area contributed by atoms with E-state index < -0.39 is 11.7 Å². The number of nitrogens with one attached hydrogen (secondary N) is 2. The maximum atomic E-state index is 11.5. The molecule has 0 atom stereocenters. The lowest BCUT2D eigenvalue weighted by Crippen LogP contribution is -2.35. The van der Waals surface area contributed by atoms with Gasteiger partial charge in [0.2, 0.25) is 0 Å². The van der Waals surface area contributed by atoms with E-state index in [2.05, 4.69) is 26.5 Å². The highest BCUT2D eigenvalue weighted by Gasteiger charge is 2.16. The number of fused-ring (bicyclic) bond motifs is 1. The van der Waals surface area contributed by atoms with Crippen molar-refractivity contribution in [3.8, 4) is 12.3 Å². The van der Waals surface area contributed by atoms with Crippen LogP contribution < -0.4 is 10.6 Å². The van der Waals surface area contributed by atoms with Gasteiger partial charge in [-0.3, -0.25) is 4.40 Å². The van der Waals surface area contributed by atoms with Gasteiger partial charge >= 0.3 is 6.09 Å². The minimum atomic E-state index is -0.529. The van der Waals surface area contributed by atoms with E-state index in [1.54, 1.807) is 37.6 Å². The third-order valence-electron chi connectivity index (χ3n) is 2.71. The summed E-state index contributed by atoms with van der Waals surface area (Å²) >= 11 is 6.14. The zero-order valence-corrected chi connectivity index (χ0v) is 13.9. The van der Waals surface area contributed by atoms with Crippen LogP contribution in [0.5, 0.6) is 0 Å². The van der Waals surface area contributed by atoms with Crippen molar-refractivity contribution in [1.82, 2.24) is 19.7 Å². The molecule has 0 spiro atoms. The Labute approximate surface area is 139 Å². The topological polar surface area (TPSA) is 80.5 Å². The smallest absolute Gasteiger partial charge is 0.407 e. The van der Waals surface area contributed by atoms with E-state index in [0.717, 1.165) is 0 Å². The third-order valence-corrected chi connectivity index (χ3v) is 3.07. The summed E-state index contributed by atoms with van der Waals surface area (Å²) < 4.78 is 6.79. The van der Waals surface area contributed by atoms with Gasteiger partial charge in [-0.1, -0.05) is 11.6 Å². The van der Waals surface area contributed by atoms with Crippen molar-refractivity contribution in [1.29, 1.82) is 0 Å². The Bertz CT molecular complexity index is 758. The van der Waals surface area contributed by atoms with Crippen LogP contribution in [0.1, 0.15) is 26.5 Å². The van der Waals surface area contributed by atoms with E-state index in [1.807, 2.05) is 0 Å². The van der Waals surface area contributed by atoms with Crippen molar-refractivity contribution in [2.24, 2.45) is 0 Å². The van der Waals surface area contributed by atoms with Crippen molar-refractivity contribution in [3.05, 3.63) is 23.2 Å². The lowest BCUT2D eigenvalue weighted by molar-refractivity contribution is 0.0530. The van der Waals surface area contributed by atoms with Gasteiger partial charge in [-0.25, -0.2) is 14.8 Å². The zero-order chi connectivity index (χ0) is 17.0. The largest absolute Gasteiger partial charge is 0.444 e. The first-order chi connectivity index (χ1) is 10.8. The Morgan fingerprint density at radius 2 is 2.22 bits per heavy atom. The highest BCUT2D eigenvalue weighted by molar-refractivity contribution is 6.30. The van der Waals surface area contributed by atoms with Gasteiger partial charge in [0.05, 0.1) is 0 Å². The summed E-state index contributed by atoms with van der Waals surface area (Å²) in [6, 6.07) is 0. The SMILES string of the molecule is C#Cc1nc(NCCNC(=O)OC(C)(C)C)c2nccn2c1Cl. The molecule has 2 heterocycles. The number of halogens is 1. The second-order valence-corrected chi connectivity index (χ2v) is 6.08. The first-order valence-corrected chi connectivity index (χ1v) is 7.39. The molecular weight excluding hydrogens is 318 g/mol. The minimum absolute atomic E-state index is 0.319. The molecule has 23 heavy (non-hydrogen) atoms. The Balaban J connectivity index is 1.98. The summed E-state index contributed by atoms with van der Waals surface area (Å²) in [5, 5.41) is 6.05. The minimum Gasteiger partial charge on any atom is -0.444 e. The predicted octanol–water partition coefficient (Wildman–Crippen LogP) is 2.30. The van der Waals surface area contributed by atoms with Crippen LogP contribution in [-0.4, -0.2) is 39.2 Å². The molecule has 0 saturated carbocycles. The predicted molar refractivity (Wildman–Crippen MR) is 88.7 cm³/mol. The average Bonchev–Trinajstić information content (AvgIpc) is 2.94. The molecule has 2 aromatic rings. The first-order valence-electron chi connectivity index (χ1n) is 7.01. The number of alkyl carbamates (subject to hydrolysis) is 1. The molecule has 0 bridgehead atoms. The number of terminal acetylenes is 1. The van der Waals surface area contributed by atoms with Gasteiger partial charge in [-0.15, -0.1) is 6.42 Å². The summed E-state index contributed by atoms with van der Waals surface area (Å²) in [5.41, 5.74) is 0.352. The Morgan fingerprint density at radius 3 is 2.87 bits per heavy atom. The van der Waals surface area contributed by atoms with Crippen molar-refractivity contribution >= 4 is 29.2 Å². The molecule has 0 aromatic carbocycles. The fourth-order valence-electron chi connectivity index (χ4n) is 1.83. The Morgan fingerprint density at radius 1 is 1.48 bits per heavy atom. The van der Waals surface area contributed by atoms with Gasteiger partial charge in [0.1, 0.15) is 10.8 Å². The number of hydrogen-bond donors (Lipinski definition) is 2. The maximum absolute atomic E-state index is 11.5. The van der Waals surface area contributed by atoms with Gasteiger partial charge in [0.25, 0.3) is 0 Å². The van der Waals surface area contributed by atoms with Crippen LogP contribution in [0.4, 0.5) is 10.6 Å². The molecule has 2 rings (SSSR count). The second-order valence-electron chi connectivity index (χ2n) is 5.72. The van der Waals surface area contributed by atoms with Gasteiger partial charge in [0.15, 0.2) is 17.2 Å². The van der Waals surface area contributed by atoms with Gasteiger partial charge in [-0.2, -0.15) is 0 Å². The second kappa shape index (κ2) is 6.75. The number of imidazole rings is 1. The molecule has 7 nitrogen and oxygen atoms in total. The van der Waals surface area contributed by atoms with Crippen molar-refractivity contribution in [3.63, 3.8) is 0 Å². The van der Waals surface area contributed by atoms with E-state index in [1.165, 1.54) is 0 Å². The summed E-state index contributed by atoms with van der Waals surface area (Å²) in [7, 11) is 0. The highest BCUT2D eigenvalue weighted by atomic mass is 35.5. The number of anilines is 1.